The first-order valence-corrected chi connectivity index (χ1v) is 8.91. The van der Waals surface area contributed by atoms with Crippen LogP contribution in [0.5, 0.6) is 0 Å². The van der Waals surface area contributed by atoms with Crippen molar-refractivity contribution >= 4 is 5.82 Å². The van der Waals surface area contributed by atoms with Crippen molar-refractivity contribution in [1.29, 1.82) is 0 Å². The molecule has 1 atom stereocenters. The van der Waals surface area contributed by atoms with Crippen molar-refractivity contribution < 1.29 is 0 Å². The predicted octanol–water partition coefficient (Wildman–Crippen LogP) is 2.62. The van der Waals surface area contributed by atoms with E-state index in [1.807, 2.05) is 32.4 Å². The summed E-state index contributed by atoms with van der Waals surface area (Å²) in [7, 11) is 6.10. The fourth-order valence-corrected chi connectivity index (χ4v) is 3.60. The van der Waals surface area contributed by atoms with Gasteiger partial charge in [0.25, 0.3) is 0 Å². The topological polar surface area (TPSA) is 57.2 Å². The number of hydrogen-bond donors (Lipinski definition) is 1. The van der Waals surface area contributed by atoms with E-state index in [0.29, 0.717) is 6.04 Å². The second kappa shape index (κ2) is 7.89. The zero-order valence-corrected chi connectivity index (χ0v) is 15.7. The molecular formula is C19H28N6. The third-order valence-corrected chi connectivity index (χ3v) is 4.69. The molecule has 0 spiro atoms. The van der Waals surface area contributed by atoms with Gasteiger partial charge in [-0.05, 0) is 46.5 Å². The van der Waals surface area contributed by atoms with Gasteiger partial charge in [0.1, 0.15) is 11.6 Å². The lowest BCUT2D eigenvalue weighted by atomic mass is 10.0. The number of rotatable bonds is 6. The van der Waals surface area contributed by atoms with E-state index in [-0.39, 0.29) is 0 Å². The summed E-state index contributed by atoms with van der Waals surface area (Å²) in [6.07, 6.45) is 6.17. The van der Waals surface area contributed by atoms with E-state index in [1.54, 1.807) is 0 Å². The standard InChI is InChI=1S/C19H28N6/c1-14-22-11-16(12-24(3)4)18(23-14)17-8-6-10-25(17)13-15-7-5-9-21-19(15)20-2/h5,7,9,11,17H,6,8,10,12-13H2,1-4H3,(H,20,21). The van der Waals surface area contributed by atoms with Gasteiger partial charge in [-0.2, -0.15) is 0 Å². The van der Waals surface area contributed by atoms with Crippen molar-refractivity contribution in [2.45, 2.75) is 38.9 Å². The molecule has 3 heterocycles. The van der Waals surface area contributed by atoms with Gasteiger partial charge in [0.2, 0.25) is 0 Å². The van der Waals surface area contributed by atoms with Gasteiger partial charge >= 0.3 is 0 Å². The van der Waals surface area contributed by atoms with Crippen molar-refractivity contribution in [2.24, 2.45) is 0 Å². The predicted molar refractivity (Wildman–Crippen MR) is 100 cm³/mol. The van der Waals surface area contributed by atoms with Crippen molar-refractivity contribution in [3.63, 3.8) is 0 Å². The zero-order chi connectivity index (χ0) is 17.8. The minimum Gasteiger partial charge on any atom is -0.373 e. The van der Waals surface area contributed by atoms with Gasteiger partial charge in [0.15, 0.2) is 0 Å². The highest BCUT2D eigenvalue weighted by Crippen LogP contribution is 2.34. The normalized spacial score (nSPS) is 18.0. The number of hydrogen-bond acceptors (Lipinski definition) is 6. The lowest BCUT2D eigenvalue weighted by molar-refractivity contribution is 0.241. The zero-order valence-electron chi connectivity index (χ0n) is 15.7. The summed E-state index contributed by atoms with van der Waals surface area (Å²) in [5.41, 5.74) is 3.65. The Morgan fingerprint density at radius 2 is 2.12 bits per heavy atom. The Kier molecular flexibility index (Phi) is 5.60. The molecule has 0 saturated carbocycles. The summed E-state index contributed by atoms with van der Waals surface area (Å²) in [4.78, 5) is 18.4. The summed E-state index contributed by atoms with van der Waals surface area (Å²) >= 11 is 0. The molecule has 1 fully saturated rings. The average Bonchev–Trinajstić information content (AvgIpc) is 3.04. The maximum Gasteiger partial charge on any atom is 0.130 e. The SMILES string of the molecule is CNc1ncccc1CN1CCCC1c1nc(C)ncc1CN(C)C. The van der Waals surface area contributed by atoms with Crippen LogP contribution in [-0.4, -0.2) is 52.4 Å². The average molecular weight is 340 g/mol. The Bertz CT molecular complexity index is 715. The number of anilines is 1. The molecule has 25 heavy (non-hydrogen) atoms. The monoisotopic (exact) mass is 340 g/mol. The molecule has 6 nitrogen and oxygen atoms in total. The van der Waals surface area contributed by atoms with E-state index >= 15 is 0 Å². The van der Waals surface area contributed by atoms with Gasteiger partial charge in [-0.15, -0.1) is 0 Å². The van der Waals surface area contributed by atoms with Crippen LogP contribution in [0.15, 0.2) is 24.5 Å². The fraction of sp³-hybridized carbons (Fsp3) is 0.526. The Hall–Kier alpha value is -2.05. The molecule has 1 unspecified atom stereocenters. The second-order valence-electron chi connectivity index (χ2n) is 6.96. The van der Waals surface area contributed by atoms with Crippen LogP contribution in [0.3, 0.4) is 0 Å². The van der Waals surface area contributed by atoms with Gasteiger partial charge in [-0.25, -0.2) is 15.0 Å². The Morgan fingerprint density at radius 1 is 1.28 bits per heavy atom. The van der Waals surface area contributed by atoms with E-state index in [2.05, 4.69) is 45.2 Å². The molecule has 1 aliphatic rings. The van der Waals surface area contributed by atoms with Crippen LogP contribution >= 0.6 is 0 Å². The summed E-state index contributed by atoms with van der Waals surface area (Å²) < 4.78 is 0. The number of likely N-dealkylation sites (tertiary alicyclic amines) is 1. The minimum absolute atomic E-state index is 0.349. The number of aromatic nitrogens is 3. The van der Waals surface area contributed by atoms with Crippen molar-refractivity contribution in [3.8, 4) is 0 Å². The van der Waals surface area contributed by atoms with Crippen LogP contribution in [0.2, 0.25) is 0 Å². The van der Waals surface area contributed by atoms with Crippen molar-refractivity contribution in [1.82, 2.24) is 24.8 Å². The summed E-state index contributed by atoms with van der Waals surface area (Å²) in [5.74, 6) is 1.81. The van der Waals surface area contributed by atoms with Crippen LogP contribution in [0, 0.1) is 6.92 Å². The Balaban J connectivity index is 1.88. The lowest BCUT2D eigenvalue weighted by Gasteiger charge is -2.27. The summed E-state index contributed by atoms with van der Waals surface area (Å²) in [6.45, 7) is 4.82. The van der Waals surface area contributed by atoms with E-state index in [1.165, 1.54) is 23.2 Å². The maximum atomic E-state index is 4.83. The molecule has 1 aliphatic heterocycles. The highest BCUT2D eigenvalue weighted by molar-refractivity contribution is 5.43. The van der Waals surface area contributed by atoms with Crippen LogP contribution in [0.4, 0.5) is 5.82 Å². The van der Waals surface area contributed by atoms with Crippen molar-refractivity contribution in [3.05, 3.63) is 47.2 Å². The number of nitrogens with one attached hydrogen (secondary N) is 1. The molecule has 6 heteroatoms. The molecule has 0 bridgehead atoms. The van der Waals surface area contributed by atoms with Crippen LogP contribution < -0.4 is 5.32 Å². The second-order valence-corrected chi connectivity index (χ2v) is 6.96. The molecule has 1 saturated heterocycles. The molecule has 2 aromatic heterocycles. The van der Waals surface area contributed by atoms with Gasteiger partial charge in [-0.1, -0.05) is 6.07 Å². The van der Waals surface area contributed by atoms with Gasteiger partial charge in [-0.3, -0.25) is 4.90 Å². The molecule has 134 valence electrons. The molecule has 0 aliphatic carbocycles. The quantitative estimate of drug-likeness (QED) is 0.872. The van der Waals surface area contributed by atoms with Gasteiger partial charge in [0, 0.05) is 43.7 Å². The molecule has 0 aromatic carbocycles. The molecule has 0 radical (unpaired) electrons. The largest absolute Gasteiger partial charge is 0.373 e. The maximum absolute atomic E-state index is 4.83. The van der Waals surface area contributed by atoms with Crippen LogP contribution in [0.25, 0.3) is 0 Å². The number of nitrogens with zero attached hydrogens (tertiary/aromatic N) is 5. The first kappa shape index (κ1) is 17.8. The van der Waals surface area contributed by atoms with Crippen LogP contribution in [-0.2, 0) is 13.1 Å². The fourth-order valence-electron chi connectivity index (χ4n) is 3.60. The Labute approximate surface area is 150 Å². The minimum atomic E-state index is 0.349. The molecular weight excluding hydrogens is 312 g/mol. The van der Waals surface area contributed by atoms with E-state index < -0.39 is 0 Å². The highest BCUT2D eigenvalue weighted by Gasteiger charge is 2.30. The van der Waals surface area contributed by atoms with Crippen LogP contribution in [0.1, 0.15) is 41.5 Å². The van der Waals surface area contributed by atoms with Gasteiger partial charge in [0.05, 0.1) is 11.7 Å². The number of pyridine rings is 1. The molecule has 2 aromatic rings. The van der Waals surface area contributed by atoms with Crippen molar-refractivity contribution in [2.75, 3.05) is 33.0 Å². The van der Waals surface area contributed by atoms with E-state index in [0.717, 1.165) is 37.7 Å². The summed E-state index contributed by atoms with van der Waals surface area (Å²) in [6, 6.07) is 4.51. The third-order valence-electron chi connectivity index (χ3n) is 4.69. The first-order valence-electron chi connectivity index (χ1n) is 8.91. The third kappa shape index (κ3) is 4.14. The molecule has 0 amide bonds. The molecule has 1 N–H and O–H groups in total. The van der Waals surface area contributed by atoms with E-state index in [4.69, 9.17) is 4.98 Å². The summed E-state index contributed by atoms with van der Waals surface area (Å²) in [5, 5.41) is 3.20. The van der Waals surface area contributed by atoms with Gasteiger partial charge < -0.3 is 10.2 Å². The lowest BCUT2D eigenvalue weighted by Crippen LogP contribution is -2.26. The Morgan fingerprint density at radius 3 is 2.88 bits per heavy atom. The van der Waals surface area contributed by atoms with E-state index in [9.17, 15) is 0 Å². The highest BCUT2D eigenvalue weighted by atomic mass is 15.2. The number of aryl methyl sites for hydroxylation is 1. The molecule has 3 rings (SSSR count). The smallest absolute Gasteiger partial charge is 0.130 e. The first-order chi connectivity index (χ1) is 12.1.